The number of rotatable bonds is 5. The summed E-state index contributed by atoms with van der Waals surface area (Å²) in [6, 6.07) is -0.861. The Balaban J connectivity index is 3.94. The highest BCUT2D eigenvalue weighted by Crippen LogP contribution is 2.01. The third-order valence-corrected chi connectivity index (χ3v) is 2.03. The first-order valence-electron chi connectivity index (χ1n) is 3.68. The molecule has 1 atom stereocenters. The quantitative estimate of drug-likeness (QED) is 0.688. The van der Waals surface area contributed by atoms with Crippen molar-refractivity contribution in [1.82, 2.24) is 5.32 Å². The molecule has 0 spiro atoms. The van der Waals surface area contributed by atoms with E-state index in [1.54, 1.807) is 0 Å². The molecule has 6 heteroatoms. The maximum absolute atomic E-state index is 10.7. The van der Waals surface area contributed by atoms with E-state index in [2.05, 4.69) is 10.1 Å². The monoisotopic (exact) mass is 207 g/mol. The molecule has 0 saturated carbocycles. The predicted octanol–water partition coefficient (Wildman–Crippen LogP) is 0.549. The minimum Gasteiger partial charge on any atom is -0.480 e. The summed E-state index contributed by atoms with van der Waals surface area (Å²) in [7, 11) is 1.20. The van der Waals surface area contributed by atoms with Crippen molar-refractivity contribution < 1.29 is 19.4 Å². The van der Waals surface area contributed by atoms with Crippen LogP contribution in [0.2, 0.25) is 0 Å². The molecule has 0 heterocycles. The summed E-state index contributed by atoms with van der Waals surface area (Å²) in [6.07, 6.45) is 1.55. The van der Waals surface area contributed by atoms with Crippen molar-refractivity contribution in [2.75, 3.05) is 19.1 Å². The zero-order valence-corrected chi connectivity index (χ0v) is 8.39. The summed E-state index contributed by atoms with van der Waals surface area (Å²) in [4.78, 5) is 21.3. The molecule has 0 fully saturated rings. The number of carboxylic acid groups (broad SMARTS) is 1. The molecular weight excluding hydrogens is 194 g/mol. The lowest BCUT2D eigenvalue weighted by Crippen LogP contribution is -2.41. The molecule has 0 aromatic rings. The molecule has 0 radical (unpaired) electrons. The molecule has 0 rings (SSSR count). The standard InChI is InChI=1S/C7H13NO4S/c1-12-7(11)8-5(6(9)10)3-4-13-2/h5H,3-4H2,1-2H3,(H,8,11)(H,9,10)/t5-/m1/s1. The van der Waals surface area contributed by atoms with E-state index in [0.717, 1.165) is 0 Å². The Kier molecular flexibility index (Phi) is 6.13. The Hall–Kier alpha value is -0.910. The number of amides is 1. The van der Waals surface area contributed by atoms with Crippen molar-refractivity contribution in [2.45, 2.75) is 12.5 Å². The molecule has 13 heavy (non-hydrogen) atoms. The number of carboxylic acids is 1. The van der Waals surface area contributed by atoms with Crippen LogP contribution in [0.5, 0.6) is 0 Å². The van der Waals surface area contributed by atoms with Crippen LogP contribution >= 0.6 is 11.8 Å². The number of aliphatic carboxylic acids is 1. The van der Waals surface area contributed by atoms with E-state index in [0.29, 0.717) is 12.2 Å². The summed E-state index contributed by atoms with van der Waals surface area (Å²) in [6.45, 7) is 0. The van der Waals surface area contributed by atoms with Gasteiger partial charge in [-0.2, -0.15) is 11.8 Å². The fourth-order valence-corrected chi connectivity index (χ4v) is 1.17. The van der Waals surface area contributed by atoms with Crippen molar-refractivity contribution in [3.63, 3.8) is 0 Å². The minimum atomic E-state index is -1.04. The van der Waals surface area contributed by atoms with Crippen LogP contribution in [0.25, 0.3) is 0 Å². The lowest BCUT2D eigenvalue weighted by molar-refractivity contribution is -0.139. The fraction of sp³-hybridized carbons (Fsp3) is 0.714. The molecule has 2 N–H and O–H groups in total. The van der Waals surface area contributed by atoms with Gasteiger partial charge in [-0.05, 0) is 18.4 Å². The molecule has 76 valence electrons. The van der Waals surface area contributed by atoms with Crippen molar-refractivity contribution in [3.8, 4) is 0 Å². The zero-order valence-electron chi connectivity index (χ0n) is 7.57. The Morgan fingerprint density at radius 2 is 2.23 bits per heavy atom. The number of hydrogen-bond donors (Lipinski definition) is 2. The van der Waals surface area contributed by atoms with Crippen LogP contribution in [-0.4, -0.2) is 42.3 Å². The van der Waals surface area contributed by atoms with E-state index in [4.69, 9.17) is 5.11 Å². The van der Waals surface area contributed by atoms with Gasteiger partial charge in [-0.15, -0.1) is 0 Å². The smallest absolute Gasteiger partial charge is 0.407 e. The van der Waals surface area contributed by atoms with Gasteiger partial charge in [0.25, 0.3) is 0 Å². The van der Waals surface area contributed by atoms with Crippen LogP contribution in [0.15, 0.2) is 0 Å². The highest BCUT2D eigenvalue weighted by molar-refractivity contribution is 7.98. The Morgan fingerprint density at radius 1 is 1.62 bits per heavy atom. The van der Waals surface area contributed by atoms with Gasteiger partial charge in [0.15, 0.2) is 0 Å². The van der Waals surface area contributed by atoms with Crippen molar-refractivity contribution >= 4 is 23.8 Å². The summed E-state index contributed by atoms with van der Waals surface area (Å²) in [5, 5.41) is 10.9. The summed E-state index contributed by atoms with van der Waals surface area (Å²) in [5.74, 6) is -0.361. The number of carbonyl (C=O) groups is 2. The van der Waals surface area contributed by atoms with Crippen LogP contribution in [0, 0.1) is 0 Å². The van der Waals surface area contributed by atoms with E-state index < -0.39 is 18.1 Å². The van der Waals surface area contributed by atoms with Crippen LogP contribution in [-0.2, 0) is 9.53 Å². The van der Waals surface area contributed by atoms with Gasteiger partial charge >= 0.3 is 12.1 Å². The van der Waals surface area contributed by atoms with Gasteiger partial charge in [-0.3, -0.25) is 0 Å². The van der Waals surface area contributed by atoms with E-state index >= 15 is 0 Å². The fourth-order valence-electron chi connectivity index (χ4n) is 0.694. The van der Waals surface area contributed by atoms with Crippen molar-refractivity contribution in [1.29, 1.82) is 0 Å². The molecule has 5 nitrogen and oxygen atoms in total. The number of ether oxygens (including phenoxy) is 1. The highest BCUT2D eigenvalue weighted by Gasteiger charge is 2.19. The van der Waals surface area contributed by atoms with Gasteiger partial charge in [-0.25, -0.2) is 9.59 Å². The predicted molar refractivity (Wildman–Crippen MR) is 50.0 cm³/mol. The van der Waals surface area contributed by atoms with E-state index in [-0.39, 0.29) is 0 Å². The van der Waals surface area contributed by atoms with Crippen molar-refractivity contribution in [2.24, 2.45) is 0 Å². The second-order valence-corrected chi connectivity index (χ2v) is 3.29. The third-order valence-electron chi connectivity index (χ3n) is 1.39. The maximum atomic E-state index is 10.7. The number of carbonyl (C=O) groups excluding carboxylic acids is 1. The first-order valence-corrected chi connectivity index (χ1v) is 5.07. The van der Waals surface area contributed by atoms with Gasteiger partial charge < -0.3 is 15.2 Å². The van der Waals surface area contributed by atoms with Gasteiger partial charge in [0.2, 0.25) is 0 Å². The van der Waals surface area contributed by atoms with Gasteiger partial charge in [0.1, 0.15) is 6.04 Å². The minimum absolute atomic E-state index is 0.394. The first kappa shape index (κ1) is 12.1. The normalized spacial score (nSPS) is 11.8. The number of alkyl carbamates (subject to hydrolysis) is 1. The Bertz CT molecular complexity index is 185. The molecule has 0 bridgehead atoms. The average Bonchev–Trinajstić information content (AvgIpc) is 2.11. The number of hydrogen-bond acceptors (Lipinski definition) is 4. The second kappa shape index (κ2) is 6.59. The van der Waals surface area contributed by atoms with Gasteiger partial charge in [0, 0.05) is 0 Å². The Morgan fingerprint density at radius 3 is 2.62 bits per heavy atom. The van der Waals surface area contributed by atoms with E-state index in [1.807, 2.05) is 6.26 Å². The van der Waals surface area contributed by atoms with Crippen LogP contribution < -0.4 is 5.32 Å². The van der Waals surface area contributed by atoms with Gasteiger partial charge in [-0.1, -0.05) is 0 Å². The lowest BCUT2D eigenvalue weighted by atomic mass is 10.2. The SMILES string of the molecule is COC(=O)N[C@H](CCSC)C(=O)O. The number of thioether (sulfide) groups is 1. The van der Waals surface area contributed by atoms with E-state index in [9.17, 15) is 9.59 Å². The molecule has 0 unspecified atom stereocenters. The molecule has 0 saturated heterocycles. The summed E-state index contributed by atoms with van der Waals surface area (Å²) in [5.41, 5.74) is 0. The molecule has 0 aliphatic heterocycles. The largest absolute Gasteiger partial charge is 0.480 e. The topological polar surface area (TPSA) is 75.6 Å². The second-order valence-electron chi connectivity index (χ2n) is 2.31. The third kappa shape index (κ3) is 5.35. The van der Waals surface area contributed by atoms with E-state index in [1.165, 1.54) is 18.9 Å². The molecular formula is C7H13NO4S. The average molecular weight is 207 g/mol. The first-order chi connectivity index (χ1) is 6.11. The van der Waals surface area contributed by atoms with Crippen LogP contribution in [0.4, 0.5) is 4.79 Å². The molecule has 1 amide bonds. The number of nitrogens with one attached hydrogen (secondary N) is 1. The zero-order chi connectivity index (χ0) is 10.3. The maximum Gasteiger partial charge on any atom is 0.407 e. The van der Waals surface area contributed by atoms with Gasteiger partial charge in [0.05, 0.1) is 7.11 Å². The molecule has 0 aromatic heterocycles. The molecule has 0 aliphatic rings. The highest BCUT2D eigenvalue weighted by atomic mass is 32.2. The van der Waals surface area contributed by atoms with Crippen LogP contribution in [0.3, 0.4) is 0 Å². The van der Waals surface area contributed by atoms with Crippen molar-refractivity contribution in [3.05, 3.63) is 0 Å². The summed E-state index contributed by atoms with van der Waals surface area (Å²) < 4.78 is 4.29. The number of methoxy groups -OCH3 is 1. The Labute approximate surface area is 80.8 Å². The molecule has 0 aliphatic carbocycles. The lowest BCUT2D eigenvalue weighted by Gasteiger charge is -2.12. The summed E-state index contributed by atoms with van der Waals surface area (Å²) >= 11 is 1.53. The van der Waals surface area contributed by atoms with Crippen LogP contribution in [0.1, 0.15) is 6.42 Å². The molecule has 0 aromatic carbocycles.